The van der Waals surface area contributed by atoms with E-state index in [0.717, 1.165) is 16.5 Å². The van der Waals surface area contributed by atoms with Gasteiger partial charge in [-0.3, -0.25) is 9.36 Å². The van der Waals surface area contributed by atoms with Crippen LogP contribution in [-0.4, -0.2) is 32.0 Å². The fraction of sp³-hybridized carbons (Fsp3) is 0.167. The highest BCUT2D eigenvalue weighted by atomic mass is 32.2. The first-order valence-corrected chi connectivity index (χ1v) is 11.2. The molecule has 0 unspecified atom stereocenters. The van der Waals surface area contributed by atoms with Crippen LogP contribution in [0.4, 0.5) is 0 Å². The maximum absolute atomic E-state index is 13.2. The third-order valence-corrected chi connectivity index (χ3v) is 6.40. The van der Waals surface area contributed by atoms with E-state index in [4.69, 9.17) is 9.72 Å². The SMILES string of the molecule is CCn1c(SCc2cn3cccc(C(=O)OC)c3n2)nc2cc3ccccc3cc2c1=O. The molecule has 2 aromatic carbocycles. The summed E-state index contributed by atoms with van der Waals surface area (Å²) < 4.78 is 8.34. The van der Waals surface area contributed by atoms with Crippen LogP contribution in [-0.2, 0) is 17.0 Å². The summed E-state index contributed by atoms with van der Waals surface area (Å²) in [4.78, 5) is 34.6. The lowest BCUT2D eigenvalue weighted by atomic mass is 10.1. The third kappa shape index (κ3) is 3.42. The summed E-state index contributed by atoms with van der Waals surface area (Å²) in [5, 5.41) is 3.33. The van der Waals surface area contributed by atoms with Gasteiger partial charge in [-0.25, -0.2) is 14.8 Å². The van der Waals surface area contributed by atoms with Gasteiger partial charge < -0.3 is 9.14 Å². The van der Waals surface area contributed by atoms with E-state index in [1.165, 1.54) is 18.9 Å². The van der Waals surface area contributed by atoms with Crippen molar-refractivity contribution in [1.29, 1.82) is 0 Å². The van der Waals surface area contributed by atoms with Crippen LogP contribution in [0.2, 0.25) is 0 Å². The first-order chi connectivity index (χ1) is 15.6. The lowest BCUT2D eigenvalue weighted by Gasteiger charge is -2.11. The van der Waals surface area contributed by atoms with Gasteiger partial charge in [-0.1, -0.05) is 36.0 Å². The highest BCUT2D eigenvalue weighted by Gasteiger charge is 2.15. The molecule has 0 fully saturated rings. The molecular formula is C24H20N4O3S. The first-order valence-electron chi connectivity index (χ1n) is 10.2. The van der Waals surface area contributed by atoms with Crippen LogP contribution in [0.15, 0.2) is 70.9 Å². The highest BCUT2D eigenvalue weighted by Crippen LogP contribution is 2.25. The van der Waals surface area contributed by atoms with Crippen molar-refractivity contribution in [3.8, 4) is 0 Å². The molecule has 0 amide bonds. The molecule has 0 aliphatic carbocycles. The molecule has 0 N–H and O–H groups in total. The lowest BCUT2D eigenvalue weighted by Crippen LogP contribution is -2.22. The van der Waals surface area contributed by atoms with Gasteiger partial charge in [0.25, 0.3) is 5.56 Å². The number of esters is 1. The predicted octanol–water partition coefficient (Wildman–Crippen LogP) is 4.30. The molecule has 0 bridgehead atoms. The number of carbonyl (C=O) groups is 1. The second kappa shape index (κ2) is 8.12. The summed E-state index contributed by atoms with van der Waals surface area (Å²) in [7, 11) is 1.35. The van der Waals surface area contributed by atoms with E-state index in [1.807, 2.05) is 55.7 Å². The number of ether oxygens (including phenoxy) is 1. The molecule has 0 spiro atoms. The van der Waals surface area contributed by atoms with E-state index >= 15 is 0 Å². The highest BCUT2D eigenvalue weighted by molar-refractivity contribution is 7.98. The van der Waals surface area contributed by atoms with Crippen LogP contribution < -0.4 is 5.56 Å². The van der Waals surface area contributed by atoms with Gasteiger partial charge in [-0.2, -0.15) is 0 Å². The second-order valence-corrected chi connectivity index (χ2v) is 8.27. The number of hydrogen-bond acceptors (Lipinski definition) is 6. The summed E-state index contributed by atoms with van der Waals surface area (Å²) in [6.07, 6.45) is 3.71. The molecule has 160 valence electrons. The minimum absolute atomic E-state index is 0.0475. The minimum atomic E-state index is -0.427. The second-order valence-electron chi connectivity index (χ2n) is 7.33. The van der Waals surface area contributed by atoms with Gasteiger partial charge in [-0.15, -0.1) is 0 Å². The van der Waals surface area contributed by atoms with Crippen molar-refractivity contribution in [3.05, 3.63) is 82.5 Å². The maximum atomic E-state index is 13.2. The summed E-state index contributed by atoms with van der Waals surface area (Å²) in [6.45, 7) is 2.46. The Hall–Kier alpha value is -3.65. The van der Waals surface area contributed by atoms with Gasteiger partial charge in [0.2, 0.25) is 0 Å². The van der Waals surface area contributed by atoms with E-state index in [9.17, 15) is 9.59 Å². The van der Waals surface area contributed by atoms with Crippen molar-refractivity contribution in [2.75, 3.05) is 7.11 Å². The molecule has 0 saturated carbocycles. The van der Waals surface area contributed by atoms with Crippen LogP contribution in [0, 0.1) is 0 Å². The molecule has 0 atom stereocenters. The Kier molecular flexibility index (Phi) is 5.14. The van der Waals surface area contributed by atoms with E-state index in [2.05, 4.69) is 4.98 Å². The monoisotopic (exact) mass is 444 g/mol. The van der Waals surface area contributed by atoms with Gasteiger partial charge in [0.15, 0.2) is 10.8 Å². The summed E-state index contributed by atoms with van der Waals surface area (Å²) in [5.74, 6) is 0.0806. The van der Waals surface area contributed by atoms with Gasteiger partial charge in [-0.05, 0) is 42.0 Å². The third-order valence-electron chi connectivity index (χ3n) is 5.39. The molecule has 0 radical (unpaired) electrons. The van der Waals surface area contributed by atoms with Crippen molar-refractivity contribution in [1.82, 2.24) is 18.9 Å². The summed E-state index contributed by atoms with van der Waals surface area (Å²) in [5.41, 5.74) is 2.37. The Bertz CT molecular complexity index is 1550. The number of nitrogens with zero attached hydrogens (tertiary/aromatic N) is 4. The van der Waals surface area contributed by atoms with Gasteiger partial charge in [0.05, 0.1) is 23.7 Å². The van der Waals surface area contributed by atoms with Crippen molar-refractivity contribution in [2.45, 2.75) is 24.4 Å². The van der Waals surface area contributed by atoms with E-state index in [1.54, 1.807) is 21.1 Å². The molecule has 3 heterocycles. The van der Waals surface area contributed by atoms with Gasteiger partial charge in [0.1, 0.15) is 5.56 Å². The Labute approximate surface area is 187 Å². The summed E-state index contributed by atoms with van der Waals surface area (Å²) >= 11 is 1.45. The number of aromatic nitrogens is 4. The number of methoxy groups -OCH3 is 1. The fourth-order valence-corrected chi connectivity index (χ4v) is 4.76. The molecule has 0 aliphatic rings. The Morgan fingerprint density at radius 2 is 1.88 bits per heavy atom. The average molecular weight is 445 g/mol. The molecule has 5 aromatic rings. The number of pyridine rings is 1. The van der Waals surface area contributed by atoms with Crippen LogP contribution >= 0.6 is 11.8 Å². The topological polar surface area (TPSA) is 78.5 Å². The number of carbonyl (C=O) groups excluding carboxylic acids is 1. The minimum Gasteiger partial charge on any atom is -0.465 e. The first kappa shape index (κ1) is 20.3. The van der Waals surface area contributed by atoms with E-state index < -0.39 is 5.97 Å². The van der Waals surface area contributed by atoms with Crippen molar-refractivity contribution < 1.29 is 9.53 Å². The molecule has 5 rings (SSSR count). The quantitative estimate of drug-likeness (QED) is 0.174. The number of imidazole rings is 1. The standard InChI is InChI=1S/C24H20N4O3S/c1-3-28-22(29)19-11-15-7-4-5-8-16(15)12-20(19)26-24(28)32-14-17-13-27-10-6-9-18(21(27)25-17)23(30)31-2/h4-13H,3,14H2,1-2H3. The molecule has 7 nitrogen and oxygen atoms in total. The zero-order valence-electron chi connectivity index (χ0n) is 17.6. The number of benzene rings is 2. The number of fused-ring (bicyclic) bond motifs is 3. The fourth-order valence-electron chi connectivity index (χ4n) is 3.82. The number of rotatable bonds is 5. The van der Waals surface area contributed by atoms with Crippen molar-refractivity contribution in [2.24, 2.45) is 0 Å². The molecule has 8 heteroatoms. The van der Waals surface area contributed by atoms with Crippen LogP contribution in [0.25, 0.3) is 27.3 Å². The average Bonchev–Trinajstić information content (AvgIpc) is 3.24. The normalized spacial score (nSPS) is 11.4. The van der Waals surface area contributed by atoms with Crippen molar-refractivity contribution in [3.63, 3.8) is 0 Å². The van der Waals surface area contributed by atoms with E-state index in [0.29, 0.717) is 39.6 Å². The van der Waals surface area contributed by atoms with Crippen molar-refractivity contribution >= 4 is 45.1 Å². The molecule has 32 heavy (non-hydrogen) atoms. The largest absolute Gasteiger partial charge is 0.465 e. The van der Waals surface area contributed by atoms with Crippen LogP contribution in [0.1, 0.15) is 23.0 Å². The zero-order valence-corrected chi connectivity index (χ0v) is 18.4. The number of thioether (sulfide) groups is 1. The van der Waals surface area contributed by atoms with Crippen LogP contribution in [0.3, 0.4) is 0 Å². The van der Waals surface area contributed by atoms with Gasteiger partial charge in [0, 0.05) is 24.7 Å². The summed E-state index contributed by atoms with van der Waals surface area (Å²) in [6, 6.07) is 15.3. The smallest absolute Gasteiger partial charge is 0.341 e. The molecular weight excluding hydrogens is 424 g/mol. The Morgan fingerprint density at radius 1 is 1.09 bits per heavy atom. The lowest BCUT2D eigenvalue weighted by molar-refractivity contribution is 0.0602. The Balaban J connectivity index is 1.53. The molecule has 0 saturated heterocycles. The predicted molar refractivity (Wildman–Crippen MR) is 125 cm³/mol. The number of hydrogen-bond donors (Lipinski definition) is 0. The molecule has 0 aliphatic heterocycles. The molecule has 3 aromatic heterocycles. The van der Waals surface area contributed by atoms with E-state index in [-0.39, 0.29) is 5.56 Å². The Morgan fingerprint density at radius 3 is 2.62 bits per heavy atom. The van der Waals surface area contributed by atoms with Crippen LogP contribution in [0.5, 0.6) is 0 Å². The zero-order chi connectivity index (χ0) is 22.2. The van der Waals surface area contributed by atoms with Gasteiger partial charge >= 0.3 is 5.97 Å². The maximum Gasteiger partial charge on any atom is 0.341 e.